The molecule has 0 amide bonds. The molecule has 2 heteroatoms. The third kappa shape index (κ3) is 5.24. The number of benzene rings is 4. The van der Waals surface area contributed by atoms with Crippen LogP contribution in [0, 0.1) is 0 Å². The van der Waals surface area contributed by atoms with Crippen LogP contribution in [-0.2, 0) is 13.0 Å². The molecule has 0 saturated carbocycles. The topological polar surface area (TPSA) is 29.5 Å². The maximum atomic E-state index is 10.6. The second-order valence-electron chi connectivity index (χ2n) is 7.44. The Morgan fingerprint density at radius 2 is 1.48 bits per heavy atom. The van der Waals surface area contributed by atoms with Crippen molar-refractivity contribution in [2.24, 2.45) is 0 Å². The highest BCUT2D eigenvalue weighted by molar-refractivity contribution is 5.82. The summed E-state index contributed by atoms with van der Waals surface area (Å²) in [5, 5.41) is 13.0. The lowest BCUT2D eigenvalue weighted by molar-refractivity contribution is 0.164. The Kier molecular flexibility index (Phi) is 6.23. The Morgan fingerprint density at radius 3 is 2.34 bits per heavy atom. The van der Waals surface area contributed by atoms with Crippen LogP contribution in [0.2, 0.25) is 0 Å². The van der Waals surface area contributed by atoms with Crippen LogP contribution in [0.5, 0.6) is 5.75 Å². The Bertz CT molecular complexity index is 1060. The van der Waals surface area contributed by atoms with Gasteiger partial charge in [-0.3, -0.25) is 0 Å². The van der Waals surface area contributed by atoms with Gasteiger partial charge in [0.15, 0.2) is 0 Å². The van der Waals surface area contributed by atoms with Gasteiger partial charge in [-0.05, 0) is 64.9 Å². The van der Waals surface area contributed by atoms with Gasteiger partial charge in [0.25, 0.3) is 0 Å². The minimum Gasteiger partial charge on any atom is -0.489 e. The molecular formula is C27H26O2. The van der Waals surface area contributed by atoms with Gasteiger partial charge in [0, 0.05) is 0 Å². The van der Waals surface area contributed by atoms with Crippen molar-refractivity contribution in [1.29, 1.82) is 0 Å². The zero-order valence-electron chi connectivity index (χ0n) is 16.5. The highest BCUT2D eigenvalue weighted by Gasteiger charge is 2.09. The van der Waals surface area contributed by atoms with Crippen molar-refractivity contribution < 1.29 is 9.84 Å². The predicted molar refractivity (Wildman–Crippen MR) is 119 cm³/mol. The van der Waals surface area contributed by atoms with Gasteiger partial charge in [0.1, 0.15) is 12.4 Å². The van der Waals surface area contributed by atoms with E-state index in [1.807, 2.05) is 30.3 Å². The first-order valence-electron chi connectivity index (χ1n) is 10.2. The zero-order valence-corrected chi connectivity index (χ0v) is 16.5. The molecule has 0 fully saturated rings. The second kappa shape index (κ2) is 9.40. The summed E-state index contributed by atoms with van der Waals surface area (Å²) >= 11 is 0. The average Bonchev–Trinajstić information content (AvgIpc) is 2.78. The largest absolute Gasteiger partial charge is 0.489 e. The summed E-state index contributed by atoms with van der Waals surface area (Å²) in [7, 11) is 0. The van der Waals surface area contributed by atoms with E-state index in [4.69, 9.17) is 4.74 Å². The standard InChI is InChI=1S/C27H26O2/c28-27(15-6-10-21-8-2-1-3-9-21)25-13-7-14-26(19-25)29-20-22-16-17-23-11-4-5-12-24(23)18-22/h1-5,7-9,11-14,16-19,27-28H,6,10,15,20H2. The van der Waals surface area contributed by atoms with E-state index < -0.39 is 6.10 Å². The minimum atomic E-state index is -0.470. The molecule has 1 atom stereocenters. The molecule has 0 heterocycles. The second-order valence-corrected chi connectivity index (χ2v) is 7.44. The number of hydrogen-bond donors (Lipinski definition) is 1. The van der Waals surface area contributed by atoms with E-state index in [0.29, 0.717) is 6.61 Å². The van der Waals surface area contributed by atoms with Crippen molar-refractivity contribution in [2.75, 3.05) is 0 Å². The van der Waals surface area contributed by atoms with Gasteiger partial charge in [-0.25, -0.2) is 0 Å². The van der Waals surface area contributed by atoms with Crippen LogP contribution in [0.3, 0.4) is 0 Å². The molecule has 1 N–H and O–H groups in total. The summed E-state index contributed by atoms with van der Waals surface area (Å²) < 4.78 is 5.99. The first kappa shape index (κ1) is 19.2. The van der Waals surface area contributed by atoms with E-state index in [9.17, 15) is 5.11 Å². The molecule has 0 aliphatic carbocycles. The van der Waals surface area contributed by atoms with Crippen LogP contribution in [0.1, 0.15) is 35.6 Å². The van der Waals surface area contributed by atoms with Crippen LogP contribution in [0.4, 0.5) is 0 Å². The molecule has 29 heavy (non-hydrogen) atoms. The summed E-state index contributed by atoms with van der Waals surface area (Å²) in [5.74, 6) is 0.790. The molecule has 1 unspecified atom stereocenters. The summed E-state index contributed by atoms with van der Waals surface area (Å²) in [6.07, 6.45) is 2.20. The van der Waals surface area contributed by atoms with E-state index >= 15 is 0 Å². The molecule has 0 spiro atoms. The molecule has 146 valence electrons. The first-order valence-corrected chi connectivity index (χ1v) is 10.2. The van der Waals surface area contributed by atoms with E-state index in [2.05, 4.69) is 66.7 Å². The Hall–Kier alpha value is -3.10. The maximum absolute atomic E-state index is 10.6. The van der Waals surface area contributed by atoms with E-state index in [-0.39, 0.29) is 0 Å². The van der Waals surface area contributed by atoms with Gasteiger partial charge in [0.05, 0.1) is 6.10 Å². The Labute approximate surface area is 172 Å². The summed E-state index contributed by atoms with van der Waals surface area (Å²) in [6, 6.07) is 33.0. The smallest absolute Gasteiger partial charge is 0.120 e. The number of aryl methyl sites for hydroxylation is 1. The third-order valence-electron chi connectivity index (χ3n) is 5.25. The number of hydrogen-bond acceptors (Lipinski definition) is 2. The minimum absolute atomic E-state index is 0.470. The number of aliphatic hydroxyl groups excluding tert-OH is 1. The lowest BCUT2D eigenvalue weighted by Gasteiger charge is -2.13. The van der Waals surface area contributed by atoms with E-state index in [1.54, 1.807) is 0 Å². The fourth-order valence-electron chi connectivity index (χ4n) is 3.62. The molecule has 0 aliphatic rings. The van der Waals surface area contributed by atoms with Crippen LogP contribution in [-0.4, -0.2) is 5.11 Å². The number of fused-ring (bicyclic) bond motifs is 1. The Balaban J connectivity index is 1.33. The quantitative estimate of drug-likeness (QED) is 0.378. The molecule has 0 aliphatic heterocycles. The third-order valence-corrected chi connectivity index (χ3v) is 5.25. The van der Waals surface area contributed by atoms with Gasteiger partial charge in [-0.15, -0.1) is 0 Å². The van der Waals surface area contributed by atoms with Gasteiger partial charge < -0.3 is 9.84 Å². The Morgan fingerprint density at radius 1 is 0.690 bits per heavy atom. The molecule has 4 aromatic carbocycles. The lowest BCUT2D eigenvalue weighted by Crippen LogP contribution is -2.00. The van der Waals surface area contributed by atoms with Crippen molar-refractivity contribution in [3.63, 3.8) is 0 Å². The van der Waals surface area contributed by atoms with Gasteiger partial charge >= 0.3 is 0 Å². The number of aliphatic hydroxyl groups is 1. The van der Waals surface area contributed by atoms with Crippen molar-refractivity contribution in [1.82, 2.24) is 0 Å². The number of ether oxygens (including phenoxy) is 1. The highest BCUT2D eigenvalue weighted by Crippen LogP contribution is 2.24. The fourth-order valence-corrected chi connectivity index (χ4v) is 3.62. The molecule has 0 radical (unpaired) electrons. The van der Waals surface area contributed by atoms with Crippen molar-refractivity contribution >= 4 is 10.8 Å². The first-order chi connectivity index (χ1) is 14.3. The molecule has 4 rings (SSSR count). The van der Waals surface area contributed by atoms with Gasteiger partial charge in [-0.1, -0.05) is 78.9 Å². The lowest BCUT2D eigenvalue weighted by atomic mass is 10.0. The highest BCUT2D eigenvalue weighted by atomic mass is 16.5. The molecule has 4 aromatic rings. The average molecular weight is 383 g/mol. The molecule has 0 saturated heterocycles. The summed E-state index contributed by atoms with van der Waals surface area (Å²) in [4.78, 5) is 0. The molecule has 0 bridgehead atoms. The zero-order chi connectivity index (χ0) is 19.9. The van der Waals surface area contributed by atoms with Crippen LogP contribution in [0.25, 0.3) is 10.8 Å². The normalized spacial score (nSPS) is 12.0. The van der Waals surface area contributed by atoms with Crippen molar-refractivity contribution in [3.05, 3.63) is 114 Å². The maximum Gasteiger partial charge on any atom is 0.120 e. The predicted octanol–water partition coefficient (Wildman–Crippen LogP) is 6.48. The summed E-state index contributed by atoms with van der Waals surface area (Å²) in [5.41, 5.74) is 3.36. The van der Waals surface area contributed by atoms with Crippen molar-refractivity contribution in [3.8, 4) is 5.75 Å². The monoisotopic (exact) mass is 382 g/mol. The molecular weight excluding hydrogens is 356 g/mol. The van der Waals surface area contributed by atoms with Crippen LogP contribution in [0.15, 0.2) is 97.1 Å². The molecule has 2 nitrogen and oxygen atoms in total. The van der Waals surface area contributed by atoms with E-state index in [1.165, 1.54) is 16.3 Å². The summed E-state index contributed by atoms with van der Waals surface area (Å²) in [6.45, 7) is 0.512. The molecule has 0 aromatic heterocycles. The van der Waals surface area contributed by atoms with Crippen LogP contribution >= 0.6 is 0 Å². The van der Waals surface area contributed by atoms with Crippen LogP contribution < -0.4 is 4.74 Å². The van der Waals surface area contributed by atoms with Crippen molar-refractivity contribution in [2.45, 2.75) is 32.0 Å². The fraction of sp³-hybridized carbons (Fsp3) is 0.185. The van der Waals surface area contributed by atoms with E-state index in [0.717, 1.165) is 36.1 Å². The number of rotatable bonds is 8. The van der Waals surface area contributed by atoms with Gasteiger partial charge in [0.2, 0.25) is 0 Å². The SMILES string of the molecule is OC(CCCc1ccccc1)c1cccc(OCc2ccc3ccccc3c2)c1. The van der Waals surface area contributed by atoms with Gasteiger partial charge in [-0.2, -0.15) is 0 Å².